The third-order valence-corrected chi connectivity index (χ3v) is 4.51. The van der Waals surface area contributed by atoms with Gasteiger partial charge in [-0.3, -0.25) is 0 Å². The molecule has 0 aliphatic rings. The lowest BCUT2D eigenvalue weighted by molar-refractivity contribution is -0.0917. The molecule has 0 aromatic heterocycles. The minimum atomic E-state index is -3.43. The van der Waals surface area contributed by atoms with E-state index in [9.17, 15) is 8.78 Å². The van der Waals surface area contributed by atoms with Crippen molar-refractivity contribution in [3.05, 3.63) is 30.3 Å². The number of rotatable bonds is 5. The van der Waals surface area contributed by atoms with Gasteiger partial charge in [-0.15, -0.1) is 0 Å². The van der Waals surface area contributed by atoms with Gasteiger partial charge in [-0.05, 0) is 0 Å². The fourth-order valence-corrected chi connectivity index (χ4v) is 3.04. The zero-order valence-corrected chi connectivity index (χ0v) is 9.44. The maximum absolute atomic E-state index is 12.2. The molecule has 0 bridgehead atoms. The van der Waals surface area contributed by atoms with Gasteiger partial charge in [0.15, 0.2) is 0 Å². The van der Waals surface area contributed by atoms with Crippen molar-refractivity contribution in [2.24, 2.45) is 0 Å². The van der Waals surface area contributed by atoms with Crippen LogP contribution in [0.3, 0.4) is 0 Å². The first-order valence-corrected chi connectivity index (χ1v) is 5.99. The van der Waals surface area contributed by atoms with Crippen molar-refractivity contribution < 1.29 is 22.1 Å². The Balaban J connectivity index is 3.00. The largest absolute Gasteiger partial charge is 0.540 e. The molecule has 1 aromatic rings. The second-order valence-electron chi connectivity index (χ2n) is 2.71. The van der Waals surface area contributed by atoms with Crippen molar-refractivity contribution >= 4 is 14.0 Å². The van der Waals surface area contributed by atoms with Crippen molar-refractivity contribution in [2.75, 3.05) is 14.2 Å². The Kier molecular flexibility index (Phi) is 4.34. The van der Waals surface area contributed by atoms with Crippen LogP contribution in [-0.2, 0) is 13.3 Å². The molecule has 0 saturated carbocycles. The van der Waals surface area contributed by atoms with E-state index < -0.39 is 15.4 Å². The lowest BCUT2D eigenvalue weighted by atomic mass is 10.4. The number of halogens is 2. The molecule has 6 heteroatoms. The second kappa shape index (κ2) is 5.31. The van der Waals surface area contributed by atoms with Gasteiger partial charge in [0, 0.05) is 19.4 Å². The maximum atomic E-state index is 12.2. The van der Waals surface area contributed by atoms with Gasteiger partial charge in [0.25, 0.3) is 0 Å². The van der Waals surface area contributed by atoms with Crippen LogP contribution >= 0.6 is 0 Å². The Morgan fingerprint density at radius 3 is 2.00 bits per heavy atom. The number of hydrogen-bond donors (Lipinski definition) is 0. The molecule has 0 spiro atoms. The molecule has 1 rings (SSSR count). The van der Waals surface area contributed by atoms with Gasteiger partial charge in [-0.25, -0.2) is 0 Å². The normalized spacial score (nSPS) is 12.1. The molecule has 3 nitrogen and oxygen atoms in total. The van der Waals surface area contributed by atoms with E-state index >= 15 is 0 Å². The third kappa shape index (κ3) is 2.82. The molecule has 0 aliphatic carbocycles. The molecule has 15 heavy (non-hydrogen) atoms. The minimum Gasteiger partial charge on any atom is -0.373 e. The van der Waals surface area contributed by atoms with Gasteiger partial charge >= 0.3 is 15.4 Å². The van der Waals surface area contributed by atoms with Crippen LogP contribution in [0.4, 0.5) is 8.78 Å². The zero-order chi connectivity index (χ0) is 11.3. The Morgan fingerprint density at radius 2 is 1.60 bits per heavy atom. The third-order valence-electron chi connectivity index (χ3n) is 1.91. The fraction of sp³-hybridized carbons (Fsp3) is 0.333. The van der Waals surface area contributed by atoms with E-state index in [1.165, 1.54) is 14.2 Å². The summed E-state index contributed by atoms with van der Waals surface area (Å²) in [6, 6.07) is 8.48. The molecule has 0 fully saturated rings. The second-order valence-corrected chi connectivity index (χ2v) is 5.45. The highest BCUT2D eigenvalue weighted by Crippen LogP contribution is 2.12. The van der Waals surface area contributed by atoms with Crippen LogP contribution in [0, 0.1) is 0 Å². The lowest BCUT2D eigenvalue weighted by Crippen LogP contribution is -2.56. The molecule has 84 valence electrons. The Labute approximate surface area is 87.9 Å². The molecule has 0 heterocycles. The van der Waals surface area contributed by atoms with E-state index in [0.29, 0.717) is 5.19 Å². The van der Waals surface area contributed by atoms with Crippen LogP contribution in [0.25, 0.3) is 0 Å². The van der Waals surface area contributed by atoms with Gasteiger partial charge in [-0.2, -0.15) is 8.78 Å². The molecule has 0 unspecified atom stereocenters. The van der Waals surface area contributed by atoms with E-state index in [2.05, 4.69) is 4.43 Å². The SMILES string of the molecule is CO[Si](OC)(OC(F)F)c1ccccc1. The maximum Gasteiger partial charge on any atom is 0.540 e. The van der Waals surface area contributed by atoms with Gasteiger partial charge in [-0.1, -0.05) is 30.3 Å². The topological polar surface area (TPSA) is 27.7 Å². The van der Waals surface area contributed by atoms with Crippen molar-refractivity contribution in [1.29, 1.82) is 0 Å². The molecule has 0 saturated heterocycles. The molecule has 1 aromatic carbocycles. The summed E-state index contributed by atoms with van der Waals surface area (Å²) in [7, 11) is -0.839. The summed E-state index contributed by atoms with van der Waals surface area (Å²) in [4.78, 5) is 0. The van der Waals surface area contributed by atoms with Crippen LogP contribution in [0.15, 0.2) is 30.3 Å². The first-order chi connectivity index (χ1) is 7.14. The van der Waals surface area contributed by atoms with E-state index in [4.69, 9.17) is 8.85 Å². The van der Waals surface area contributed by atoms with Crippen LogP contribution < -0.4 is 5.19 Å². The first-order valence-electron chi connectivity index (χ1n) is 4.26. The lowest BCUT2D eigenvalue weighted by Gasteiger charge is -2.25. The van der Waals surface area contributed by atoms with Crippen molar-refractivity contribution in [3.8, 4) is 0 Å². The van der Waals surface area contributed by atoms with Gasteiger partial charge in [0.1, 0.15) is 0 Å². The average Bonchev–Trinajstić information content (AvgIpc) is 2.27. The highest BCUT2D eigenvalue weighted by Gasteiger charge is 2.44. The van der Waals surface area contributed by atoms with Gasteiger partial charge in [0.2, 0.25) is 0 Å². The predicted octanol–water partition coefficient (Wildman–Crippen LogP) is 1.36. The van der Waals surface area contributed by atoms with Crippen molar-refractivity contribution in [2.45, 2.75) is 6.61 Å². The summed E-state index contributed by atoms with van der Waals surface area (Å²) in [5.41, 5.74) is 0. The number of benzene rings is 1. The van der Waals surface area contributed by atoms with Crippen molar-refractivity contribution in [3.63, 3.8) is 0 Å². The molecular weight excluding hydrogens is 222 g/mol. The monoisotopic (exact) mass is 234 g/mol. The summed E-state index contributed by atoms with van der Waals surface area (Å²) in [6.07, 6.45) is 0. The highest BCUT2D eigenvalue weighted by molar-refractivity contribution is 6.75. The summed E-state index contributed by atoms with van der Waals surface area (Å²) in [6.45, 7) is -2.92. The standard InChI is InChI=1S/C9H12F2O3Si/c1-12-15(13-2,14-9(10)11)8-6-4-3-5-7-8/h3-7,9H,1-2H3. The predicted molar refractivity (Wildman–Crippen MR) is 52.9 cm³/mol. The highest BCUT2D eigenvalue weighted by atomic mass is 28.4. The average molecular weight is 234 g/mol. The van der Waals surface area contributed by atoms with Crippen LogP contribution in [0.2, 0.25) is 0 Å². The number of hydrogen-bond acceptors (Lipinski definition) is 3. The zero-order valence-electron chi connectivity index (χ0n) is 8.44. The first kappa shape index (κ1) is 12.2. The quantitative estimate of drug-likeness (QED) is 0.720. The van der Waals surface area contributed by atoms with Crippen LogP contribution in [0.5, 0.6) is 0 Å². The molecule has 0 N–H and O–H groups in total. The molecule has 0 atom stereocenters. The molecular formula is C9H12F2O3Si. The summed E-state index contributed by atoms with van der Waals surface area (Å²) in [5, 5.41) is 0.510. The molecule has 0 aliphatic heterocycles. The van der Waals surface area contributed by atoms with E-state index in [0.717, 1.165) is 0 Å². The van der Waals surface area contributed by atoms with E-state index in [-0.39, 0.29) is 0 Å². The summed E-state index contributed by atoms with van der Waals surface area (Å²) in [5.74, 6) is 0. The summed E-state index contributed by atoms with van der Waals surface area (Å²) < 4.78 is 39.0. The van der Waals surface area contributed by atoms with Crippen LogP contribution in [0.1, 0.15) is 0 Å². The Morgan fingerprint density at radius 1 is 1.07 bits per heavy atom. The minimum absolute atomic E-state index is 0.510. The van der Waals surface area contributed by atoms with E-state index in [1.54, 1.807) is 30.3 Å². The van der Waals surface area contributed by atoms with Crippen molar-refractivity contribution in [1.82, 2.24) is 0 Å². The number of alkyl halides is 2. The van der Waals surface area contributed by atoms with Gasteiger partial charge in [0.05, 0.1) is 0 Å². The van der Waals surface area contributed by atoms with Gasteiger partial charge < -0.3 is 13.3 Å². The Hall–Kier alpha value is -0.823. The fourth-order valence-electron chi connectivity index (χ4n) is 1.24. The summed E-state index contributed by atoms with van der Waals surface area (Å²) >= 11 is 0. The smallest absolute Gasteiger partial charge is 0.373 e. The Bertz CT molecular complexity index is 291. The van der Waals surface area contributed by atoms with E-state index in [1.807, 2.05) is 0 Å². The van der Waals surface area contributed by atoms with Crippen LogP contribution in [-0.4, -0.2) is 29.6 Å². The molecule has 0 radical (unpaired) electrons. The molecule has 0 amide bonds.